The Morgan fingerprint density at radius 3 is 2.65 bits per heavy atom. The summed E-state index contributed by atoms with van der Waals surface area (Å²) in [6.07, 6.45) is 1.27. The van der Waals surface area contributed by atoms with Crippen LogP contribution >= 0.6 is 47.5 Å². The number of rotatable bonds is 4. The molecular weight excluding hydrogens is 479 g/mol. The lowest BCUT2D eigenvalue weighted by atomic mass is 9.95. The zero-order valence-corrected chi connectivity index (χ0v) is 20.4. The van der Waals surface area contributed by atoms with Gasteiger partial charge < -0.3 is 15.0 Å². The highest BCUT2D eigenvalue weighted by Gasteiger charge is 2.41. The van der Waals surface area contributed by atoms with Gasteiger partial charge in [-0.25, -0.2) is 0 Å². The van der Waals surface area contributed by atoms with Crippen molar-refractivity contribution in [3.05, 3.63) is 0 Å². The third-order valence-corrected chi connectivity index (χ3v) is 8.46. The smallest absolute Gasteiger partial charge is 0.193 e. The molecule has 0 saturated carbocycles. The molecule has 3 rings (SSSR count). The first kappa shape index (κ1) is 22.9. The van der Waals surface area contributed by atoms with Crippen LogP contribution in [0.3, 0.4) is 0 Å². The molecule has 0 spiro atoms. The predicted molar refractivity (Wildman–Crippen MR) is 126 cm³/mol. The third kappa shape index (κ3) is 5.58. The van der Waals surface area contributed by atoms with Crippen LogP contribution in [0.1, 0.15) is 20.3 Å². The number of ether oxygens (including phenoxy) is 1. The average molecular weight is 515 g/mol. The summed E-state index contributed by atoms with van der Waals surface area (Å²) in [6.45, 7) is 11.8. The highest BCUT2D eigenvalue weighted by molar-refractivity contribution is 14.0. The van der Waals surface area contributed by atoms with E-state index in [1.807, 2.05) is 7.05 Å². The Morgan fingerprint density at radius 1 is 1.27 bits per heavy atom. The molecular formula is C18H35IN4OS2. The molecule has 0 aromatic carbocycles. The summed E-state index contributed by atoms with van der Waals surface area (Å²) < 4.78 is 5.58. The van der Waals surface area contributed by atoms with Crippen molar-refractivity contribution in [2.75, 3.05) is 70.2 Å². The lowest BCUT2D eigenvalue weighted by molar-refractivity contribution is -0.0121. The maximum atomic E-state index is 5.58. The van der Waals surface area contributed by atoms with Crippen LogP contribution in [0.4, 0.5) is 0 Å². The number of halogens is 1. The molecule has 2 atom stereocenters. The Hall–Kier alpha value is 0.620. The van der Waals surface area contributed by atoms with E-state index in [4.69, 9.17) is 4.74 Å². The maximum Gasteiger partial charge on any atom is 0.193 e. The number of thioether (sulfide) groups is 2. The molecule has 2 unspecified atom stereocenters. The fourth-order valence-corrected chi connectivity index (χ4v) is 6.76. The Bertz CT molecular complexity index is 454. The van der Waals surface area contributed by atoms with Crippen molar-refractivity contribution in [3.63, 3.8) is 0 Å². The molecule has 3 fully saturated rings. The van der Waals surface area contributed by atoms with Crippen LogP contribution in [0.2, 0.25) is 0 Å². The minimum Gasteiger partial charge on any atom is -0.379 e. The van der Waals surface area contributed by atoms with Gasteiger partial charge in [0.05, 0.1) is 13.2 Å². The van der Waals surface area contributed by atoms with E-state index in [2.05, 4.69) is 57.5 Å². The number of nitrogens with one attached hydrogen (secondary N) is 1. The Labute approximate surface area is 184 Å². The molecule has 26 heavy (non-hydrogen) atoms. The summed E-state index contributed by atoms with van der Waals surface area (Å²) in [5, 5.41) is 4.46. The van der Waals surface area contributed by atoms with Gasteiger partial charge in [-0.1, -0.05) is 13.8 Å². The summed E-state index contributed by atoms with van der Waals surface area (Å²) in [5.74, 6) is 5.51. The first-order valence-corrected chi connectivity index (χ1v) is 11.8. The van der Waals surface area contributed by atoms with E-state index in [1.54, 1.807) is 0 Å². The van der Waals surface area contributed by atoms with Gasteiger partial charge in [-0.3, -0.25) is 9.89 Å². The summed E-state index contributed by atoms with van der Waals surface area (Å²) >= 11 is 4.21. The van der Waals surface area contributed by atoms with Gasteiger partial charge >= 0.3 is 0 Å². The highest BCUT2D eigenvalue weighted by Crippen LogP contribution is 2.33. The van der Waals surface area contributed by atoms with Crippen molar-refractivity contribution in [2.24, 2.45) is 10.9 Å². The summed E-state index contributed by atoms with van der Waals surface area (Å²) in [4.78, 5) is 9.75. The first-order valence-electron chi connectivity index (χ1n) is 9.62. The number of guanidine groups is 1. The zero-order valence-electron chi connectivity index (χ0n) is 16.4. The summed E-state index contributed by atoms with van der Waals surface area (Å²) in [6, 6.07) is 0. The Kier molecular flexibility index (Phi) is 9.67. The fraction of sp³-hybridized carbons (Fsp3) is 0.944. The van der Waals surface area contributed by atoms with E-state index in [0.717, 1.165) is 57.8 Å². The topological polar surface area (TPSA) is 40.1 Å². The van der Waals surface area contributed by atoms with Crippen molar-refractivity contribution in [1.29, 1.82) is 0 Å². The van der Waals surface area contributed by atoms with Crippen molar-refractivity contribution in [3.8, 4) is 0 Å². The van der Waals surface area contributed by atoms with Gasteiger partial charge in [0.1, 0.15) is 0 Å². The van der Waals surface area contributed by atoms with Crippen molar-refractivity contribution < 1.29 is 4.74 Å². The number of morpholine rings is 1. The zero-order chi connectivity index (χ0) is 17.7. The molecule has 0 aromatic rings. The molecule has 3 aliphatic heterocycles. The monoisotopic (exact) mass is 514 g/mol. The average Bonchev–Trinajstić information content (AvgIpc) is 3.13. The van der Waals surface area contributed by atoms with E-state index in [-0.39, 0.29) is 29.5 Å². The van der Waals surface area contributed by atoms with Gasteiger partial charge in [-0.2, -0.15) is 23.5 Å². The molecule has 3 aliphatic rings. The number of nitrogens with zero attached hydrogens (tertiary/aromatic N) is 3. The highest BCUT2D eigenvalue weighted by atomic mass is 127. The molecule has 3 saturated heterocycles. The molecule has 0 radical (unpaired) electrons. The van der Waals surface area contributed by atoms with Crippen molar-refractivity contribution in [2.45, 2.75) is 31.1 Å². The van der Waals surface area contributed by atoms with E-state index in [0.29, 0.717) is 5.25 Å². The van der Waals surface area contributed by atoms with Gasteiger partial charge in [0.15, 0.2) is 5.96 Å². The van der Waals surface area contributed by atoms with Crippen LogP contribution in [0.15, 0.2) is 4.99 Å². The van der Waals surface area contributed by atoms with E-state index in [9.17, 15) is 0 Å². The van der Waals surface area contributed by atoms with Crippen LogP contribution < -0.4 is 5.32 Å². The SMILES string of the molecule is CN=C(NCC1(N2CCOCC2)CCSC1)N1CCSC(C(C)C)C1.I. The van der Waals surface area contributed by atoms with Crippen LogP contribution in [-0.4, -0.2) is 96.8 Å². The van der Waals surface area contributed by atoms with Crippen LogP contribution in [-0.2, 0) is 4.74 Å². The normalized spacial score (nSPS) is 31.2. The minimum absolute atomic E-state index is 0. The lowest BCUT2D eigenvalue weighted by Crippen LogP contribution is -2.60. The van der Waals surface area contributed by atoms with E-state index < -0.39 is 0 Å². The van der Waals surface area contributed by atoms with Gasteiger partial charge in [0.25, 0.3) is 0 Å². The molecule has 0 bridgehead atoms. The molecule has 0 aromatic heterocycles. The second kappa shape index (κ2) is 11.0. The van der Waals surface area contributed by atoms with E-state index >= 15 is 0 Å². The second-order valence-electron chi connectivity index (χ2n) is 7.63. The Balaban J connectivity index is 0.00000243. The maximum absolute atomic E-state index is 5.58. The quantitative estimate of drug-likeness (QED) is 0.353. The Morgan fingerprint density at radius 2 is 2.04 bits per heavy atom. The number of aliphatic imine (C=N–C) groups is 1. The van der Waals surface area contributed by atoms with Crippen molar-refractivity contribution in [1.82, 2.24) is 15.1 Å². The second-order valence-corrected chi connectivity index (χ2v) is 10.1. The van der Waals surface area contributed by atoms with Gasteiger partial charge in [-0.05, 0) is 18.1 Å². The molecule has 3 heterocycles. The van der Waals surface area contributed by atoms with Gasteiger partial charge in [0.2, 0.25) is 0 Å². The molecule has 1 N–H and O–H groups in total. The third-order valence-electron chi connectivity index (χ3n) is 5.69. The number of hydrogen-bond acceptors (Lipinski definition) is 5. The molecule has 152 valence electrons. The predicted octanol–water partition coefficient (Wildman–Crippen LogP) is 2.46. The number of hydrogen-bond donors (Lipinski definition) is 1. The van der Waals surface area contributed by atoms with E-state index in [1.165, 1.54) is 23.7 Å². The fourth-order valence-electron chi connectivity index (χ4n) is 3.98. The van der Waals surface area contributed by atoms with Gasteiger partial charge in [0, 0.05) is 62.1 Å². The van der Waals surface area contributed by atoms with Crippen LogP contribution in [0.25, 0.3) is 0 Å². The van der Waals surface area contributed by atoms with Crippen molar-refractivity contribution >= 4 is 53.5 Å². The lowest BCUT2D eigenvalue weighted by Gasteiger charge is -2.44. The standard InChI is InChI=1S/C18H34N4OS2.HI/c1-15(2)16-12-21(7-11-25-16)17(19-3)20-13-18(4-10-24-14-18)22-5-8-23-9-6-22;/h15-16H,4-14H2,1-3H3,(H,19,20);1H. The van der Waals surface area contributed by atoms with Gasteiger partial charge in [-0.15, -0.1) is 24.0 Å². The molecule has 5 nitrogen and oxygen atoms in total. The van der Waals surface area contributed by atoms with Crippen LogP contribution in [0.5, 0.6) is 0 Å². The molecule has 0 aliphatic carbocycles. The van der Waals surface area contributed by atoms with Crippen LogP contribution in [0, 0.1) is 5.92 Å². The molecule has 0 amide bonds. The minimum atomic E-state index is 0. The first-order chi connectivity index (χ1) is 12.1. The largest absolute Gasteiger partial charge is 0.379 e. The summed E-state index contributed by atoms with van der Waals surface area (Å²) in [7, 11) is 1.93. The molecule has 8 heteroatoms. The summed E-state index contributed by atoms with van der Waals surface area (Å²) in [5.41, 5.74) is 0.270.